The molecule has 0 saturated carbocycles. The van der Waals surface area contributed by atoms with Crippen molar-refractivity contribution >= 4 is 23.0 Å². The van der Waals surface area contributed by atoms with Crippen LogP contribution >= 0.6 is 11.6 Å². The van der Waals surface area contributed by atoms with Crippen molar-refractivity contribution in [2.24, 2.45) is 5.41 Å². The molecule has 0 heterocycles. The third kappa shape index (κ3) is 4.76. The van der Waals surface area contributed by atoms with E-state index >= 15 is 0 Å². The summed E-state index contributed by atoms with van der Waals surface area (Å²) < 4.78 is 0. The number of nitro groups is 1. The van der Waals surface area contributed by atoms with E-state index in [1.165, 1.54) is 12.1 Å². The number of benzene rings is 1. The lowest BCUT2D eigenvalue weighted by atomic mass is 9.88. The molecule has 0 aliphatic rings. The topological polar surface area (TPSA) is 79.0 Å². The van der Waals surface area contributed by atoms with Crippen molar-refractivity contribution in [1.29, 1.82) is 5.26 Å². The van der Waals surface area contributed by atoms with E-state index < -0.39 is 4.92 Å². The van der Waals surface area contributed by atoms with Crippen molar-refractivity contribution in [2.45, 2.75) is 26.7 Å². The Hall–Kier alpha value is -1.80. The smallest absolute Gasteiger partial charge is 0.271 e. The van der Waals surface area contributed by atoms with Crippen molar-refractivity contribution in [3.8, 4) is 6.07 Å². The summed E-state index contributed by atoms with van der Waals surface area (Å²) in [6.45, 7) is 4.75. The van der Waals surface area contributed by atoms with Crippen LogP contribution in [0, 0.1) is 26.9 Å². The molecule has 0 spiro atoms. The van der Waals surface area contributed by atoms with Crippen LogP contribution in [0.15, 0.2) is 18.2 Å². The Morgan fingerprint density at radius 2 is 2.21 bits per heavy atom. The van der Waals surface area contributed by atoms with E-state index in [0.717, 1.165) is 6.42 Å². The monoisotopic (exact) mass is 281 g/mol. The van der Waals surface area contributed by atoms with Crippen molar-refractivity contribution in [3.63, 3.8) is 0 Å². The quantitative estimate of drug-likeness (QED) is 0.631. The van der Waals surface area contributed by atoms with Crippen LogP contribution in [0.25, 0.3) is 0 Å². The molecule has 0 unspecified atom stereocenters. The van der Waals surface area contributed by atoms with Crippen molar-refractivity contribution in [3.05, 3.63) is 33.3 Å². The van der Waals surface area contributed by atoms with Crippen molar-refractivity contribution < 1.29 is 4.92 Å². The Balaban J connectivity index is 2.68. The SMILES string of the molecule is CC(C)(CCC#N)CNc1ccc([N+](=O)[O-])cc1Cl. The number of nitrogens with zero attached hydrogens (tertiary/aromatic N) is 2. The van der Waals surface area contributed by atoms with E-state index in [-0.39, 0.29) is 11.1 Å². The van der Waals surface area contributed by atoms with Gasteiger partial charge >= 0.3 is 0 Å². The summed E-state index contributed by atoms with van der Waals surface area (Å²) in [4.78, 5) is 10.1. The maximum Gasteiger partial charge on any atom is 0.271 e. The van der Waals surface area contributed by atoms with Gasteiger partial charge in [0.25, 0.3) is 5.69 Å². The number of nitro benzene ring substituents is 1. The predicted octanol–water partition coefficient (Wildman–Crippen LogP) is 3.99. The van der Waals surface area contributed by atoms with Gasteiger partial charge in [0, 0.05) is 25.1 Å². The highest BCUT2D eigenvalue weighted by atomic mass is 35.5. The molecule has 1 aromatic carbocycles. The summed E-state index contributed by atoms with van der Waals surface area (Å²) in [5.74, 6) is 0. The van der Waals surface area contributed by atoms with Crippen molar-refractivity contribution in [1.82, 2.24) is 0 Å². The summed E-state index contributed by atoms with van der Waals surface area (Å²) in [5, 5.41) is 22.7. The number of nitrogens with one attached hydrogen (secondary N) is 1. The van der Waals surface area contributed by atoms with Gasteiger partial charge < -0.3 is 5.32 Å². The van der Waals surface area contributed by atoms with Crippen LogP contribution in [0.3, 0.4) is 0 Å². The highest BCUT2D eigenvalue weighted by molar-refractivity contribution is 6.33. The van der Waals surface area contributed by atoms with Crippen LogP contribution in [0.1, 0.15) is 26.7 Å². The third-order valence-electron chi connectivity index (χ3n) is 2.83. The van der Waals surface area contributed by atoms with Crippen LogP contribution in [0.2, 0.25) is 5.02 Å². The first kappa shape index (κ1) is 15.3. The molecule has 0 aromatic heterocycles. The first-order valence-electron chi connectivity index (χ1n) is 5.90. The Labute approximate surface area is 117 Å². The molecule has 1 aromatic rings. The minimum atomic E-state index is -0.480. The highest BCUT2D eigenvalue weighted by Crippen LogP contribution is 2.29. The Kier molecular flexibility index (Phi) is 5.13. The second kappa shape index (κ2) is 6.39. The fourth-order valence-corrected chi connectivity index (χ4v) is 1.82. The molecule has 6 heteroatoms. The van der Waals surface area contributed by atoms with Gasteiger partial charge in [0.15, 0.2) is 0 Å². The summed E-state index contributed by atoms with van der Waals surface area (Å²) in [6, 6.07) is 6.46. The molecule has 0 atom stereocenters. The highest BCUT2D eigenvalue weighted by Gasteiger charge is 2.18. The Morgan fingerprint density at radius 3 is 2.74 bits per heavy atom. The van der Waals surface area contributed by atoms with Gasteiger partial charge in [0.1, 0.15) is 0 Å². The fourth-order valence-electron chi connectivity index (χ4n) is 1.58. The Bertz CT molecular complexity index is 509. The molecule has 19 heavy (non-hydrogen) atoms. The van der Waals surface area contributed by atoms with Crippen LogP contribution in [0.4, 0.5) is 11.4 Å². The average molecular weight is 282 g/mol. The van der Waals surface area contributed by atoms with E-state index in [1.54, 1.807) is 6.07 Å². The second-order valence-electron chi connectivity index (χ2n) is 5.10. The first-order chi connectivity index (χ1) is 8.85. The fraction of sp³-hybridized carbons (Fsp3) is 0.462. The number of anilines is 1. The molecular formula is C13H16ClN3O2. The number of hydrogen-bond acceptors (Lipinski definition) is 4. The number of hydrogen-bond donors (Lipinski definition) is 1. The van der Waals surface area contributed by atoms with Crippen LogP contribution in [-0.2, 0) is 0 Å². The Morgan fingerprint density at radius 1 is 1.53 bits per heavy atom. The lowest BCUT2D eigenvalue weighted by Crippen LogP contribution is -2.23. The number of halogens is 1. The van der Waals surface area contributed by atoms with Crippen molar-refractivity contribution in [2.75, 3.05) is 11.9 Å². The van der Waals surface area contributed by atoms with Gasteiger partial charge in [0.05, 0.1) is 21.7 Å². The standard InChI is InChI=1S/C13H16ClN3O2/c1-13(2,6-3-7-15)9-16-12-5-4-10(17(18)19)8-11(12)14/h4-5,8,16H,3,6,9H2,1-2H3. The van der Waals surface area contributed by atoms with Gasteiger partial charge in [-0.15, -0.1) is 0 Å². The number of non-ortho nitro benzene ring substituents is 1. The molecule has 0 saturated heterocycles. The molecule has 0 radical (unpaired) electrons. The zero-order valence-corrected chi connectivity index (χ0v) is 11.7. The molecule has 5 nitrogen and oxygen atoms in total. The van der Waals surface area contributed by atoms with Crippen LogP contribution in [-0.4, -0.2) is 11.5 Å². The molecule has 0 fully saturated rings. The van der Waals surface area contributed by atoms with Gasteiger partial charge in [-0.3, -0.25) is 10.1 Å². The predicted molar refractivity (Wildman–Crippen MR) is 75.2 cm³/mol. The largest absolute Gasteiger partial charge is 0.383 e. The zero-order valence-electron chi connectivity index (χ0n) is 10.9. The van der Waals surface area contributed by atoms with Crippen LogP contribution in [0.5, 0.6) is 0 Å². The van der Waals surface area contributed by atoms with E-state index in [2.05, 4.69) is 25.2 Å². The summed E-state index contributed by atoms with van der Waals surface area (Å²) in [7, 11) is 0. The van der Waals surface area contributed by atoms with Gasteiger partial charge in [-0.25, -0.2) is 0 Å². The second-order valence-corrected chi connectivity index (χ2v) is 5.50. The lowest BCUT2D eigenvalue weighted by molar-refractivity contribution is -0.384. The molecule has 1 N–H and O–H groups in total. The average Bonchev–Trinajstić information content (AvgIpc) is 2.35. The van der Waals surface area contributed by atoms with E-state index in [4.69, 9.17) is 16.9 Å². The maximum absolute atomic E-state index is 10.6. The third-order valence-corrected chi connectivity index (χ3v) is 3.15. The van der Waals surface area contributed by atoms with E-state index in [0.29, 0.717) is 23.7 Å². The van der Waals surface area contributed by atoms with Gasteiger partial charge in [-0.2, -0.15) is 5.26 Å². The zero-order chi connectivity index (χ0) is 14.5. The summed E-state index contributed by atoms with van der Waals surface area (Å²) in [5.41, 5.74) is 0.595. The maximum atomic E-state index is 10.6. The van der Waals surface area contributed by atoms with E-state index in [1.807, 2.05) is 0 Å². The van der Waals surface area contributed by atoms with Gasteiger partial charge in [-0.1, -0.05) is 25.4 Å². The molecule has 102 valence electrons. The number of rotatable bonds is 6. The molecule has 1 rings (SSSR count). The normalized spacial score (nSPS) is 10.8. The first-order valence-corrected chi connectivity index (χ1v) is 6.28. The molecule has 0 aliphatic heterocycles. The van der Waals surface area contributed by atoms with E-state index in [9.17, 15) is 10.1 Å². The minimum absolute atomic E-state index is 0.0284. The molecule has 0 amide bonds. The summed E-state index contributed by atoms with van der Waals surface area (Å²) in [6.07, 6.45) is 1.28. The molecule has 0 bridgehead atoms. The molecule has 0 aliphatic carbocycles. The lowest BCUT2D eigenvalue weighted by Gasteiger charge is -2.24. The van der Waals surface area contributed by atoms with Gasteiger partial charge in [0.2, 0.25) is 0 Å². The minimum Gasteiger partial charge on any atom is -0.383 e. The molecular weight excluding hydrogens is 266 g/mol. The van der Waals surface area contributed by atoms with Gasteiger partial charge in [-0.05, 0) is 17.9 Å². The summed E-state index contributed by atoms with van der Waals surface area (Å²) >= 11 is 5.99. The van der Waals surface area contributed by atoms with Crippen LogP contribution < -0.4 is 5.32 Å². The number of nitriles is 1.